The van der Waals surface area contributed by atoms with Gasteiger partial charge in [0.1, 0.15) is 11.1 Å². The van der Waals surface area contributed by atoms with E-state index in [-0.39, 0.29) is 11.4 Å². The van der Waals surface area contributed by atoms with Gasteiger partial charge in [0.2, 0.25) is 5.91 Å². The second-order valence-corrected chi connectivity index (χ2v) is 8.86. The van der Waals surface area contributed by atoms with E-state index in [2.05, 4.69) is 24.1 Å². The number of sulfone groups is 1. The second kappa shape index (κ2) is 9.80. The third-order valence-electron chi connectivity index (χ3n) is 4.84. The molecule has 0 radical (unpaired) electrons. The van der Waals surface area contributed by atoms with Gasteiger partial charge in [0.05, 0.1) is 4.90 Å². The van der Waals surface area contributed by atoms with E-state index in [9.17, 15) is 17.6 Å². The Kier molecular flexibility index (Phi) is 7.71. The largest absolute Gasteiger partial charge is 0.351 e. The Hall–Kier alpha value is -2.25. The average molecular weight is 407 g/mol. The van der Waals surface area contributed by atoms with Crippen LogP contribution in [0.25, 0.3) is 0 Å². The molecule has 2 aromatic rings. The number of carbonyl (C=O) groups excluding carboxylic acids is 1. The highest BCUT2D eigenvalue weighted by Crippen LogP contribution is 2.17. The zero-order valence-electron chi connectivity index (χ0n) is 16.5. The van der Waals surface area contributed by atoms with Crippen LogP contribution in [0.2, 0.25) is 0 Å². The maximum atomic E-state index is 13.0. The SMILES string of the molecule is CCN(CC)Cc1ccccc1CNC(=O)C(C)S(=O)(=O)c1ccc(F)cc1. The van der Waals surface area contributed by atoms with Gasteiger partial charge in [-0.2, -0.15) is 0 Å². The lowest BCUT2D eigenvalue weighted by Gasteiger charge is -2.20. The highest BCUT2D eigenvalue weighted by atomic mass is 32.2. The molecule has 0 saturated heterocycles. The van der Waals surface area contributed by atoms with Crippen molar-refractivity contribution < 1.29 is 17.6 Å². The Labute approximate surface area is 166 Å². The molecule has 2 aromatic carbocycles. The van der Waals surface area contributed by atoms with E-state index in [4.69, 9.17) is 0 Å². The van der Waals surface area contributed by atoms with E-state index in [0.29, 0.717) is 0 Å². The maximum Gasteiger partial charge on any atom is 0.238 e. The molecule has 28 heavy (non-hydrogen) atoms. The van der Waals surface area contributed by atoms with Crippen molar-refractivity contribution in [2.75, 3.05) is 13.1 Å². The number of hydrogen-bond donors (Lipinski definition) is 1. The van der Waals surface area contributed by atoms with Crippen molar-refractivity contribution in [2.24, 2.45) is 0 Å². The summed E-state index contributed by atoms with van der Waals surface area (Å²) in [5.74, 6) is -1.11. The van der Waals surface area contributed by atoms with E-state index < -0.39 is 26.8 Å². The molecule has 0 heterocycles. The lowest BCUT2D eigenvalue weighted by atomic mass is 10.1. The predicted octanol–water partition coefficient (Wildman–Crippen LogP) is 3.15. The second-order valence-electron chi connectivity index (χ2n) is 6.59. The van der Waals surface area contributed by atoms with E-state index in [1.165, 1.54) is 19.1 Å². The zero-order chi connectivity index (χ0) is 20.7. The van der Waals surface area contributed by atoms with E-state index >= 15 is 0 Å². The summed E-state index contributed by atoms with van der Waals surface area (Å²) < 4.78 is 38.2. The van der Waals surface area contributed by atoms with E-state index in [1.54, 1.807) is 0 Å². The number of amides is 1. The van der Waals surface area contributed by atoms with Gasteiger partial charge < -0.3 is 5.32 Å². The molecule has 0 fully saturated rings. The first-order valence-electron chi connectivity index (χ1n) is 9.35. The molecule has 0 aliphatic carbocycles. The molecular formula is C21H27FN2O3S. The van der Waals surface area contributed by atoms with Crippen molar-refractivity contribution in [3.05, 3.63) is 65.5 Å². The summed E-state index contributed by atoms with van der Waals surface area (Å²) in [6, 6.07) is 12.3. The van der Waals surface area contributed by atoms with Crippen LogP contribution >= 0.6 is 0 Å². The van der Waals surface area contributed by atoms with E-state index in [1.807, 2.05) is 24.3 Å². The van der Waals surface area contributed by atoms with Crippen molar-refractivity contribution in [1.82, 2.24) is 10.2 Å². The third-order valence-corrected chi connectivity index (χ3v) is 6.91. The number of hydrogen-bond acceptors (Lipinski definition) is 4. The van der Waals surface area contributed by atoms with Gasteiger partial charge in [0.15, 0.2) is 9.84 Å². The van der Waals surface area contributed by atoms with Crippen molar-refractivity contribution in [3.63, 3.8) is 0 Å². The first-order chi connectivity index (χ1) is 13.3. The molecule has 5 nitrogen and oxygen atoms in total. The molecule has 7 heteroatoms. The van der Waals surface area contributed by atoms with Gasteiger partial charge >= 0.3 is 0 Å². The highest BCUT2D eigenvalue weighted by molar-refractivity contribution is 7.92. The van der Waals surface area contributed by atoms with Crippen LogP contribution < -0.4 is 5.32 Å². The fourth-order valence-electron chi connectivity index (χ4n) is 2.87. The first-order valence-corrected chi connectivity index (χ1v) is 10.9. The summed E-state index contributed by atoms with van der Waals surface area (Å²) in [7, 11) is -3.88. The van der Waals surface area contributed by atoms with Gasteiger partial charge in [-0.05, 0) is 55.4 Å². The van der Waals surface area contributed by atoms with Crippen LogP contribution in [-0.2, 0) is 27.7 Å². The Morgan fingerprint density at radius 2 is 1.61 bits per heavy atom. The fraction of sp³-hybridized carbons (Fsp3) is 0.381. The van der Waals surface area contributed by atoms with Crippen LogP contribution in [0, 0.1) is 5.82 Å². The van der Waals surface area contributed by atoms with Crippen molar-refractivity contribution in [2.45, 2.75) is 44.0 Å². The molecule has 2 rings (SSSR count). The number of carbonyl (C=O) groups is 1. The average Bonchev–Trinajstić information content (AvgIpc) is 2.70. The summed E-state index contributed by atoms with van der Waals surface area (Å²) >= 11 is 0. The van der Waals surface area contributed by atoms with E-state index in [0.717, 1.165) is 42.9 Å². The Balaban J connectivity index is 2.08. The molecular weight excluding hydrogens is 379 g/mol. The van der Waals surface area contributed by atoms with Gasteiger partial charge in [-0.1, -0.05) is 38.1 Å². The number of benzene rings is 2. The number of halogens is 1. The van der Waals surface area contributed by atoms with Crippen LogP contribution in [0.4, 0.5) is 4.39 Å². The van der Waals surface area contributed by atoms with Crippen LogP contribution in [0.1, 0.15) is 31.9 Å². The molecule has 0 spiro atoms. The summed E-state index contributed by atoms with van der Waals surface area (Å²) in [6.45, 7) is 8.39. The molecule has 1 amide bonds. The minimum Gasteiger partial charge on any atom is -0.351 e. The molecule has 1 unspecified atom stereocenters. The van der Waals surface area contributed by atoms with Crippen molar-refractivity contribution in [1.29, 1.82) is 0 Å². The molecule has 0 aliphatic rings. The Morgan fingerprint density at radius 3 is 2.18 bits per heavy atom. The molecule has 152 valence electrons. The van der Waals surface area contributed by atoms with Crippen molar-refractivity contribution in [3.8, 4) is 0 Å². The Bertz CT molecular complexity index is 894. The van der Waals surface area contributed by atoms with Crippen molar-refractivity contribution >= 4 is 15.7 Å². The molecule has 0 bridgehead atoms. The standard InChI is InChI=1S/C21H27FN2O3S/c1-4-24(5-2)15-18-9-7-6-8-17(18)14-23-21(25)16(3)28(26,27)20-12-10-19(22)11-13-20/h6-13,16H,4-5,14-15H2,1-3H3,(H,23,25). The smallest absolute Gasteiger partial charge is 0.238 e. The molecule has 1 atom stereocenters. The number of rotatable bonds is 9. The van der Waals surface area contributed by atoms with Crippen LogP contribution in [0.5, 0.6) is 0 Å². The molecule has 1 N–H and O–H groups in total. The van der Waals surface area contributed by atoms with Gasteiger partial charge in [0.25, 0.3) is 0 Å². The summed E-state index contributed by atoms with van der Waals surface area (Å²) in [6.07, 6.45) is 0. The van der Waals surface area contributed by atoms with Gasteiger partial charge in [-0.15, -0.1) is 0 Å². The maximum absolute atomic E-state index is 13.0. The minimum absolute atomic E-state index is 0.0708. The quantitative estimate of drug-likeness (QED) is 0.650. The highest BCUT2D eigenvalue weighted by Gasteiger charge is 2.29. The molecule has 0 aliphatic heterocycles. The van der Waals surface area contributed by atoms with Crippen LogP contribution in [-0.4, -0.2) is 37.6 Å². The van der Waals surface area contributed by atoms with Crippen LogP contribution in [0.3, 0.4) is 0 Å². The predicted molar refractivity (Wildman–Crippen MR) is 108 cm³/mol. The zero-order valence-corrected chi connectivity index (χ0v) is 17.3. The number of nitrogens with zero attached hydrogens (tertiary/aromatic N) is 1. The van der Waals surface area contributed by atoms with Gasteiger partial charge in [0, 0.05) is 13.1 Å². The topological polar surface area (TPSA) is 66.5 Å². The van der Waals surface area contributed by atoms with Gasteiger partial charge in [-0.25, -0.2) is 12.8 Å². The van der Waals surface area contributed by atoms with Crippen LogP contribution in [0.15, 0.2) is 53.4 Å². The summed E-state index contributed by atoms with van der Waals surface area (Å²) in [5.41, 5.74) is 2.05. The summed E-state index contributed by atoms with van der Waals surface area (Å²) in [5, 5.41) is 1.45. The number of nitrogens with one attached hydrogen (secondary N) is 1. The monoisotopic (exact) mass is 406 g/mol. The first kappa shape index (κ1) is 22.0. The fourth-order valence-corrected chi connectivity index (χ4v) is 4.16. The normalized spacial score (nSPS) is 12.8. The molecule has 0 aromatic heterocycles. The lowest BCUT2D eigenvalue weighted by Crippen LogP contribution is -2.37. The third kappa shape index (κ3) is 5.39. The molecule has 0 saturated carbocycles. The summed E-state index contributed by atoms with van der Waals surface area (Å²) in [4.78, 5) is 14.7. The minimum atomic E-state index is -3.88. The lowest BCUT2D eigenvalue weighted by molar-refractivity contribution is -0.120. The van der Waals surface area contributed by atoms with Gasteiger partial charge in [-0.3, -0.25) is 9.69 Å². The Morgan fingerprint density at radius 1 is 1.04 bits per heavy atom.